The molecule has 0 amide bonds. The molecule has 1 aromatic heterocycles. The minimum atomic E-state index is -0.381. The summed E-state index contributed by atoms with van der Waals surface area (Å²) in [4.78, 5) is 20.1. The molecular weight excluding hydrogens is 278 g/mol. The lowest BCUT2D eigenvalue weighted by atomic mass is 10.1. The van der Waals surface area contributed by atoms with Gasteiger partial charge in [-0.05, 0) is 37.3 Å². The molecule has 0 bridgehead atoms. The Morgan fingerprint density at radius 3 is 2.59 bits per heavy atom. The molecule has 3 rings (SSSR count). The number of benzene rings is 2. The molecule has 0 radical (unpaired) electrons. The fourth-order valence-corrected chi connectivity index (χ4v) is 2.18. The van der Waals surface area contributed by atoms with Crippen LogP contribution in [0.2, 0.25) is 0 Å². The zero-order valence-electron chi connectivity index (χ0n) is 12.3. The maximum absolute atomic E-state index is 11.6. The van der Waals surface area contributed by atoms with E-state index in [0.717, 1.165) is 11.1 Å². The maximum atomic E-state index is 11.6. The van der Waals surface area contributed by atoms with E-state index in [2.05, 4.69) is 15.3 Å². The summed E-state index contributed by atoms with van der Waals surface area (Å²) in [6.45, 7) is 2.04. The number of esters is 1. The van der Waals surface area contributed by atoms with Crippen molar-refractivity contribution in [2.75, 3.05) is 12.4 Å². The minimum Gasteiger partial charge on any atom is -0.465 e. The van der Waals surface area contributed by atoms with Gasteiger partial charge in [0.2, 0.25) is 0 Å². The molecule has 110 valence electrons. The van der Waals surface area contributed by atoms with Gasteiger partial charge in [-0.15, -0.1) is 0 Å². The lowest BCUT2D eigenvalue weighted by Gasteiger charge is -2.09. The number of aryl methyl sites for hydroxylation is 1. The van der Waals surface area contributed by atoms with E-state index in [-0.39, 0.29) is 5.97 Å². The third kappa shape index (κ3) is 2.74. The van der Waals surface area contributed by atoms with E-state index < -0.39 is 0 Å². The number of aromatic nitrogens is 2. The van der Waals surface area contributed by atoms with Gasteiger partial charge in [-0.25, -0.2) is 14.8 Å². The summed E-state index contributed by atoms with van der Waals surface area (Å²) >= 11 is 0. The molecule has 5 heteroatoms. The number of nitrogens with zero attached hydrogens (tertiary/aromatic N) is 2. The molecule has 0 aliphatic rings. The molecule has 2 aromatic carbocycles. The van der Waals surface area contributed by atoms with Gasteiger partial charge in [-0.3, -0.25) is 0 Å². The predicted molar refractivity (Wildman–Crippen MR) is 85.3 cm³/mol. The van der Waals surface area contributed by atoms with E-state index in [4.69, 9.17) is 4.74 Å². The number of carbonyl (C=O) groups is 1. The van der Waals surface area contributed by atoms with E-state index in [0.29, 0.717) is 16.9 Å². The Morgan fingerprint density at radius 1 is 1.09 bits per heavy atom. The van der Waals surface area contributed by atoms with Crippen LogP contribution in [-0.2, 0) is 4.74 Å². The van der Waals surface area contributed by atoms with E-state index >= 15 is 0 Å². The van der Waals surface area contributed by atoms with Crippen molar-refractivity contribution in [2.45, 2.75) is 6.92 Å². The summed E-state index contributed by atoms with van der Waals surface area (Å²) in [6.07, 6.45) is 1.47. The van der Waals surface area contributed by atoms with Gasteiger partial charge in [-0.1, -0.05) is 17.7 Å². The van der Waals surface area contributed by atoms with Crippen molar-refractivity contribution in [3.8, 4) is 0 Å². The Morgan fingerprint density at radius 2 is 1.86 bits per heavy atom. The molecule has 3 aromatic rings. The lowest BCUT2D eigenvalue weighted by molar-refractivity contribution is 0.0601. The van der Waals surface area contributed by atoms with Gasteiger partial charge in [0.25, 0.3) is 0 Å². The van der Waals surface area contributed by atoms with Gasteiger partial charge >= 0.3 is 5.97 Å². The zero-order valence-corrected chi connectivity index (χ0v) is 12.3. The quantitative estimate of drug-likeness (QED) is 0.749. The number of hydrogen-bond donors (Lipinski definition) is 1. The van der Waals surface area contributed by atoms with Crippen molar-refractivity contribution in [3.63, 3.8) is 0 Å². The molecular formula is C17H15N3O2. The second kappa shape index (κ2) is 5.81. The number of methoxy groups -OCH3 is 1. The highest BCUT2D eigenvalue weighted by molar-refractivity contribution is 5.97. The van der Waals surface area contributed by atoms with E-state index in [9.17, 15) is 4.79 Å². The summed E-state index contributed by atoms with van der Waals surface area (Å²) in [5.41, 5.74) is 3.30. The van der Waals surface area contributed by atoms with Gasteiger partial charge in [-0.2, -0.15) is 0 Å². The Kier molecular flexibility index (Phi) is 3.70. The van der Waals surface area contributed by atoms with Crippen molar-refractivity contribution >= 4 is 28.4 Å². The van der Waals surface area contributed by atoms with Crippen LogP contribution in [0.1, 0.15) is 15.9 Å². The van der Waals surface area contributed by atoms with Gasteiger partial charge in [0.1, 0.15) is 12.1 Å². The number of hydrogen-bond acceptors (Lipinski definition) is 5. The van der Waals surface area contributed by atoms with Crippen LogP contribution in [0.15, 0.2) is 48.8 Å². The smallest absolute Gasteiger partial charge is 0.337 e. The number of ether oxygens (including phenoxy) is 1. The highest BCUT2D eigenvalue weighted by Crippen LogP contribution is 2.24. The summed E-state index contributed by atoms with van der Waals surface area (Å²) in [5.74, 6) is 0.318. The topological polar surface area (TPSA) is 64.1 Å². The largest absolute Gasteiger partial charge is 0.465 e. The summed E-state index contributed by atoms with van der Waals surface area (Å²) < 4.78 is 4.72. The predicted octanol–water partition coefficient (Wildman–Crippen LogP) is 3.47. The lowest BCUT2D eigenvalue weighted by Crippen LogP contribution is -2.02. The van der Waals surface area contributed by atoms with Crippen molar-refractivity contribution in [1.82, 2.24) is 9.97 Å². The third-order valence-corrected chi connectivity index (χ3v) is 3.37. The Balaban J connectivity index is 1.99. The van der Waals surface area contributed by atoms with Gasteiger partial charge < -0.3 is 10.1 Å². The van der Waals surface area contributed by atoms with Crippen molar-refractivity contribution in [3.05, 3.63) is 59.9 Å². The Bertz CT molecular complexity index is 829. The molecule has 0 unspecified atom stereocenters. The third-order valence-electron chi connectivity index (χ3n) is 3.37. The van der Waals surface area contributed by atoms with E-state index in [1.807, 2.05) is 37.3 Å². The molecule has 0 fully saturated rings. The molecule has 0 aliphatic heterocycles. The van der Waals surface area contributed by atoms with Gasteiger partial charge in [0.05, 0.1) is 18.2 Å². The fourth-order valence-electron chi connectivity index (χ4n) is 2.18. The van der Waals surface area contributed by atoms with Gasteiger partial charge in [0.15, 0.2) is 0 Å². The van der Waals surface area contributed by atoms with E-state index in [1.165, 1.54) is 19.0 Å². The average Bonchev–Trinajstić information content (AvgIpc) is 2.56. The zero-order chi connectivity index (χ0) is 15.5. The Hall–Kier alpha value is -2.95. The molecule has 1 heterocycles. The SMILES string of the molecule is COC(=O)c1ccc2c(Nc3ccc(C)cc3)ncnc2c1. The highest BCUT2D eigenvalue weighted by atomic mass is 16.5. The van der Waals surface area contributed by atoms with Crippen LogP contribution in [-0.4, -0.2) is 23.0 Å². The first-order chi connectivity index (χ1) is 10.7. The molecule has 0 atom stereocenters. The number of fused-ring (bicyclic) bond motifs is 1. The molecule has 0 saturated carbocycles. The second-order valence-electron chi connectivity index (χ2n) is 4.94. The summed E-state index contributed by atoms with van der Waals surface area (Å²) in [6, 6.07) is 13.3. The van der Waals surface area contributed by atoms with Crippen molar-refractivity contribution < 1.29 is 9.53 Å². The van der Waals surface area contributed by atoms with E-state index in [1.54, 1.807) is 12.1 Å². The first kappa shape index (κ1) is 14.0. The van der Waals surface area contributed by atoms with Crippen LogP contribution in [0, 0.1) is 6.92 Å². The van der Waals surface area contributed by atoms with Gasteiger partial charge in [0, 0.05) is 11.1 Å². The van der Waals surface area contributed by atoms with Crippen LogP contribution in [0.4, 0.5) is 11.5 Å². The average molecular weight is 293 g/mol. The number of nitrogens with one attached hydrogen (secondary N) is 1. The molecule has 0 aliphatic carbocycles. The van der Waals surface area contributed by atoms with Crippen molar-refractivity contribution in [1.29, 1.82) is 0 Å². The maximum Gasteiger partial charge on any atom is 0.337 e. The Labute approximate surface area is 128 Å². The molecule has 1 N–H and O–H groups in total. The standard InChI is InChI=1S/C17H15N3O2/c1-11-3-6-13(7-4-11)20-16-14-8-5-12(17(21)22-2)9-15(14)18-10-19-16/h3-10H,1-2H3,(H,18,19,20). The highest BCUT2D eigenvalue weighted by Gasteiger charge is 2.09. The normalized spacial score (nSPS) is 10.5. The summed E-state index contributed by atoms with van der Waals surface area (Å²) in [5, 5.41) is 4.11. The van der Waals surface area contributed by atoms with Crippen LogP contribution < -0.4 is 5.32 Å². The molecule has 0 spiro atoms. The first-order valence-electron chi connectivity index (χ1n) is 6.84. The molecule has 5 nitrogen and oxygen atoms in total. The minimum absolute atomic E-state index is 0.381. The second-order valence-corrected chi connectivity index (χ2v) is 4.94. The monoisotopic (exact) mass is 293 g/mol. The number of rotatable bonds is 3. The van der Waals surface area contributed by atoms with Crippen LogP contribution in [0.5, 0.6) is 0 Å². The van der Waals surface area contributed by atoms with Crippen LogP contribution in [0.25, 0.3) is 10.9 Å². The van der Waals surface area contributed by atoms with Crippen LogP contribution >= 0.6 is 0 Å². The van der Waals surface area contributed by atoms with Crippen LogP contribution in [0.3, 0.4) is 0 Å². The number of anilines is 2. The van der Waals surface area contributed by atoms with Crippen molar-refractivity contribution in [2.24, 2.45) is 0 Å². The first-order valence-corrected chi connectivity index (χ1v) is 6.84. The number of carbonyl (C=O) groups excluding carboxylic acids is 1. The molecule has 22 heavy (non-hydrogen) atoms. The fraction of sp³-hybridized carbons (Fsp3) is 0.118. The molecule has 0 saturated heterocycles. The summed E-state index contributed by atoms with van der Waals surface area (Å²) in [7, 11) is 1.36.